The molecule has 8 nitrogen and oxygen atoms in total. The Labute approximate surface area is 91.7 Å². The molecule has 0 aliphatic carbocycles. The van der Waals surface area contributed by atoms with Crippen LogP contribution in [-0.2, 0) is 14.5 Å². The molecule has 0 fully saturated rings. The van der Waals surface area contributed by atoms with Gasteiger partial charge in [0, 0.05) is 13.5 Å². The molecule has 0 aromatic rings. The van der Waals surface area contributed by atoms with Crippen molar-refractivity contribution in [1.29, 1.82) is 0 Å². The summed E-state index contributed by atoms with van der Waals surface area (Å²) in [6.45, 7) is 0.965. The molecular weight excluding hydrogens is 220 g/mol. The topological polar surface area (TPSA) is 120 Å². The van der Waals surface area contributed by atoms with E-state index in [0.29, 0.717) is 0 Å². The van der Waals surface area contributed by atoms with Crippen molar-refractivity contribution in [3.05, 3.63) is 0 Å². The Hall–Kier alpha value is -1.67. The molecule has 0 aliphatic heterocycles. The molecule has 0 spiro atoms. The van der Waals surface area contributed by atoms with Gasteiger partial charge in [-0.05, 0) is 0 Å². The van der Waals surface area contributed by atoms with Crippen LogP contribution in [-0.4, -0.2) is 64.4 Å². The summed E-state index contributed by atoms with van der Waals surface area (Å²) in [4.78, 5) is 29.5. The maximum atomic E-state index is 10.4. The molecule has 0 heterocycles. The zero-order chi connectivity index (χ0) is 12.6. The maximum absolute atomic E-state index is 10.4. The first kappa shape index (κ1) is 14.3. The third-order valence-corrected chi connectivity index (χ3v) is 1.60. The van der Waals surface area contributed by atoms with Gasteiger partial charge in [-0.25, -0.2) is 5.26 Å². The van der Waals surface area contributed by atoms with Gasteiger partial charge in [-0.15, -0.1) is 0 Å². The Bertz CT molecular complexity index is 262. The first-order valence-corrected chi connectivity index (χ1v) is 4.44. The van der Waals surface area contributed by atoms with E-state index >= 15 is 0 Å². The summed E-state index contributed by atoms with van der Waals surface area (Å²) in [5, 5.41) is 25.2. The van der Waals surface area contributed by atoms with Gasteiger partial charge in [0.05, 0.1) is 19.6 Å². The quantitative estimate of drug-likeness (QED) is 0.232. The fraction of sp³-hybridized carbons (Fsp3) is 0.625. The minimum Gasteiger partial charge on any atom is -0.480 e. The lowest BCUT2D eigenvalue weighted by atomic mass is 10.4. The van der Waals surface area contributed by atoms with Gasteiger partial charge >= 0.3 is 11.9 Å². The average molecular weight is 234 g/mol. The summed E-state index contributed by atoms with van der Waals surface area (Å²) in [7, 11) is 0. The number of hydrogen-bond donors (Lipinski definition) is 3. The predicted molar refractivity (Wildman–Crippen MR) is 53.4 cm³/mol. The highest BCUT2D eigenvalue weighted by molar-refractivity contribution is 5.73. The lowest BCUT2D eigenvalue weighted by Gasteiger charge is -2.16. The van der Waals surface area contributed by atoms with Gasteiger partial charge in [-0.2, -0.15) is 0 Å². The average Bonchev–Trinajstić information content (AvgIpc) is 2.15. The molecule has 0 unspecified atom stereocenters. The largest absolute Gasteiger partial charge is 0.480 e. The fourth-order valence-electron chi connectivity index (χ4n) is 0.974. The number of hydrogen-bond acceptors (Lipinski definition) is 6. The minimum atomic E-state index is -1.11. The SMILES string of the molecule is CC(=NCCN(CC(=O)O)CC(=O)O)OO. The van der Waals surface area contributed by atoms with Crippen molar-refractivity contribution in [3.63, 3.8) is 0 Å². The van der Waals surface area contributed by atoms with Gasteiger partial charge in [0.1, 0.15) is 0 Å². The monoisotopic (exact) mass is 234 g/mol. The highest BCUT2D eigenvalue weighted by atomic mass is 17.1. The summed E-state index contributed by atoms with van der Waals surface area (Å²) >= 11 is 0. The maximum Gasteiger partial charge on any atom is 0.317 e. The number of nitrogens with zero attached hydrogens (tertiary/aromatic N) is 2. The molecule has 0 aliphatic rings. The Balaban J connectivity index is 4.10. The van der Waals surface area contributed by atoms with E-state index in [9.17, 15) is 9.59 Å². The molecule has 0 aromatic carbocycles. The van der Waals surface area contributed by atoms with Crippen molar-refractivity contribution in [2.24, 2.45) is 4.99 Å². The molecule has 0 amide bonds. The van der Waals surface area contributed by atoms with Crippen LogP contribution < -0.4 is 0 Å². The van der Waals surface area contributed by atoms with Crippen LogP contribution in [0.3, 0.4) is 0 Å². The van der Waals surface area contributed by atoms with Crippen molar-refractivity contribution in [2.75, 3.05) is 26.2 Å². The van der Waals surface area contributed by atoms with Gasteiger partial charge in [0.2, 0.25) is 5.90 Å². The van der Waals surface area contributed by atoms with Gasteiger partial charge in [0.15, 0.2) is 0 Å². The third kappa shape index (κ3) is 7.71. The second-order valence-corrected chi connectivity index (χ2v) is 2.99. The first-order valence-electron chi connectivity index (χ1n) is 4.44. The molecule has 8 heteroatoms. The van der Waals surface area contributed by atoms with Crippen LogP contribution in [0.1, 0.15) is 6.92 Å². The Morgan fingerprint density at radius 2 is 1.75 bits per heavy atom. The van der Waals surface area contributed by atoms with Crippen molar-refractivity contribution in [3.8, 4) is 0 Å². The van der Waals surface area contributed by atoms with Crippen molar-refractivity contribution in [2.45, 2.75) is 6.92 Å². The molecule has 0 rings (SSSR count). The number of aliphatic carboxylic acids is 2. The van der Waals surface area contributed by atoms with E-state index in [1.54, 1.807) is 0 Å². The van der Waals surface area contributed by atoms with Crippen molar-refractivity contribution >= 4 is 17.8 Å². The Kier molecular flexibility index (Phi) is 6.81. The van der Waals surface area contributed by atoms with Crippen LogP contribution in [0.15, 0.2) is 4.99 Å². The second kappa shape index (κ2) is 7.60. The van der Waals surface area contributed by atoms with Crippen LogP contribution in [0, 0.1) is 0 Å². The second-order valence-electron chi connectivity index (χ2n) is 2.99. The first-order chi connectivity index (χ1) is 7.45. The molecule has 16 heavy (non-hydrogen) atoms. The Morgan fingerprint density at radius 3 is 2.12 bits per heavy atom. The number of carboxylic acids is 2. The smallest absolute Gasteiger partial charge is 0.317 e. The van der Waals surface area contributed by atoms with E-state index in [4.69, 9.17) is 15.5 Å². The van der Waals surface area contributed by atoms with E-state index in [0.717, 1.165) is 0 Å². The summed E-state index contributed by atoms with van der Waals surface area (Å²) in [5.41, 5.74) is 0. The number of carbonyl (C=O) groups is 2. The van der Waals surface area contributed by atoms with Crippen LogP contribution >= 0.6 is 0 Å². The third-order valence-electron chi connectivity index (χ3n) is 1.60. The highest BCUT2D eigenvalue weighted by Crippen LogP contribution is 1.90. The molecule has 0 aromatic heterocycles. The minimum absolute atomic E-state index is 0.0330. The van der Waals surface area contributed by atoms with Gasteiger partial charge in [0.25, 0.3) is 0 Å². The van der Waals surface area contributed by atoms with E-state index in [2.05, 4.69) is 9.88 Å². The summed E-state index contributed by atoms with van der Waals surface area (Å²) in [6.07, 6.45) is 0. The van der Waals surface area contributed by atoms with Crippen LogP contribution in [0.4, 0.5) is 0 Å². The molecular formula is C8H14N2O6. The van der Waals surface area contributed by atoms with Gasteiger partial charge in [-0.1, -0.05) is 0 Å². The lowest BCUT2D eigenvalue weighted by molar-refractivity contribution is -0.155. The molecule has 0 radical (unpaired) electrons. The zero-order valence-electron chi connectivity index (χ0n) is 8.79. The zero-order valence-corrected chi connectivity index (χ0v) is 8.79. The number of carboxylic acid groups (broad SMARTS) is 2. The summed E-state index contributed by atoms with van der Waals surface area (Å²) in [6, 6.07) is 0. The molecule has 0 bridgehead atoms. The number of aliphatic imine (C=N–C) groups is 1. The molecule has 0 saturated carbocycles. The van der Waals surface area contributed by atoms with Crippen LogP contribution in [0.25, 0.3) is 0 Å². The van der Waals surface area contributed by atoms with Crippen LogP contribution in [0.2, 0.25) is 0 Å². The number of rotatable bonds is 7. The van der Waals surface area contributed by atoms with Crippen LogP contribution in [0.5, 0.6) is 0 Å². The molecule has 0 atom stereocenters. The van der Waals surface area contributed by atoms with E-state index < -0.39 is 11.9 Å². The summed E-state index contributed by atoms with van der Waals surface area (Å²) < 4.78 is 0. The lowest BCUT2D eigenvalue weighted by Crippen LogP contribution is -2.36. The van der Waals surface area contributed by atoms with Gasteiger partial charge < -0.3 is 15.1 Å². The fourth-order valence-corrected chi connectivity index (χ4v) is 0.974. The predicted octanol–water partition coefficient (Wildman–Crippen LogP) is -0.634. The Morgan fingerprint density at radius 1 is 1.25 bits per heavy atom. The van der Waals surface area contributed by atoms with Crippen molar-refractivity contribution < 1.29 is 29.9 Å². The van der Waals surface area contributed by atoms with E-state index in [-0.39, 0.29) is 32.1 Å². The van der Waals surface area contributed by atoms with E-state index in [1.165, 1.54) is 11.8 Å². The normalized spacial score (nSPS) is 11.6. The molecule has 3 N–H and O–H groups in total. The summed E-state index contributed by atoms with van der Waals surface area (Å²) in [5.74, 6) is -2.19. The standard InChI is InChI=1S/C8H14N2O6/c1-6(16-15)9-2-3-10(4-7(11)12)5-8(13)14/h15H,2-5H2,1H3,(H,11,12)(H,13,14). The molecule has 92 valence electrons. The molecule has 0 saturated heterocycles. The van der Waals surface area contributed by atoms with Gasteiger partial charge in [-0.3, -0.25) is 19.5 Å². The van der Waals surface area contributed by atoms with E-state index in [1.807, 2.05) is 0 Å². The highest BCUT2D eigenvalue weighted by Gasteiger charge is 2.12. The van der Waals surface area contributed by atoms with Crippen molar-refractivity contribution in [1.82, 2.24) is 4.90 Å².